The van der Waals surface area contributed by atoms with Crippen LogP contribution in [0.25, 0.3) is 0 Å². The van der Waals surface area contributed by atoms with E-state index in [0.29, 0.717) is 5.02 Å². The lowest BCUT2D eigenvalue weighted by atomic mass is 10.2. The maximum absolute atomic E-state index is 6.09. The number of benzene rings is 1. The van der Waals surface area contributed by atoms with E-state index in [0.717, 1.165) is 35.6 Å². The van der Waals surface area contributed by atoms with Crippen molar-refractivity contribution < 1.29 is 4.74 Å². The number of ether oxygens (including phenoxy) is 1. The Bertz CT molecular complexity index is 336. The highest BCUT2D eigenvalue weighted by Gasteiger charge is 2.21. The van der Waals surface area contributed by atoms with Crippen molar-refractivity contribution in [1.82, 2.24) is 0 Å². The van der Waals surface area contributed by atoms with E-state index in [4.69, 9.17) is 16.3 Å². The van der Waals surface area contributed by atoms with Gasteiger partial charge in [-0.3, -0.25) is 0 Å². The molecule has 0 bridgehead atoms. The summed E-state index contributed by atoms with van der Waals surface area (Å²) >= 11 is 9.53. The van der Waals surface area contributed by atoms with Gasteiger partial charge >= 0.3 is 0 Å². The molecule has 0 aromatic heterocycles. The minimum absolute atomic E-state index is 0.711. The highest BCUT2D eigenvalue weighted by Crippen LogP contribution is 2.34. The van der Waals surface area contributed by atoms with Gasteiger partial charge in [-0.15, -0.1) is 0 Å². The molecule has 0 aliphatic heterocycles. The van der Waals surface area contributed by atoms with Crippen LogP contribution in [0.2, 0.25) is 5.02 Å². The highest BCUT2D eigenvalue weighted by molar-refractivity contribution is 9.08. The van der Waals surface area contributed by atoms with Crippen LogP contribution in [0.4, 0.5) is 0 Å². The average Bonchev–Trinajstić information content (AvgIpc) is 3.04. The molecule has 1 aromatic rings. The summed E-state index contributed by atoms with van der Waals surface area (Å²) < 4.78 is 5.75. The SMILES string of the molecule is Clc1cccc(CBr)c1OCCC1CC1. The van der Waals surface area contributed by atoms with Crippen LogP contribution in [0.3, 0.4) is 0 Å². The topological polar surface area (TPSA) is 9.23 Å². The summed E-state index contributed by atoms with van der Waals surface area (Å²) in [6.45, 7) is 0.786. The van der Waals surface area contributed by atoms with Gasteiger partial charge in [0.2, 0.25) is 0 Å². The summed E-state index contributed by atoms with van der Waals surface area (Å²) in [6, 6.07) is 5.86. The van der Waals surface area contributed by atoms with Crippen LogP contribution in [0.15, 0.2) is 18.2 Å². The molecule has 0 radical (unpaired) electrons. The molecule has 0 N–H and O–H groups in total. The van der Waals surface area contributed by atoms with Crippen molar-refractivity contribution in [2.24, 2.45) is 5.92 Å². The van der Waals surface area contributed by atoms with E-state index in [2.05, 4.69) is 15.9 Å². The van der Waals surface area contributed by atoms with Crippen LogP contribution in [-0.4, -0.2) is 6.61 Å². The molecule has 0 spiro atoms. The molecule has 0 heterocycles. The van der Waals surface area contributed by atoms with Gasteiger partial charge in [0.05, 0.1) is 11.6 Å². The highest BCUT2D eigenvalue weighted by atomic mass is 79.9. The van der Waals surface area contributed by atoms with Crippen LogP contribution in [-0.2, 0) is 5.33 Å². The molecule has 1 fully saturated rings. The molecule has 0 saturated heterocycles. The molecular formula is C12H14BrClO. The first-order chi connectivity index (χ1) is 7.31. The van der Waals surface area contributed by atoms with E-state index in [1.807, 2.05) is 18.2 Å². The second kappa shape index (κ2) is 5.22. The number of halogens is 2. The van der Waals surface area contributed by atoms with E-state index in [1.54, 1.807) is 0 Å². The maximum Gasteiger partial charge on any atom is 0.141 e. The molecule has 2 rings (SSSR count). The fraction of sp³-hybridized carbons (Fsp3) is 0.500. The second-order valence-corrected chi connectivity index (χ2v) is 4.91. The first-order valence-electron chi connectivity index (χ1n) is 5.27. The van der Waals surface area contributed by atoms with E-state index in [-0.39, 0.29) is 0 Å². The molecule has 1 nitrogen and oxygen atoms in total. The summed E-state index contributed by atoms with van der Waals surface area (Å²) in [6.07, 6.45) is 3.90. The molecular weight excluding hydrogens is 275 g/mol. The first-order valence-corrected chi connectivity index (χ1v) is 6.77. The van der Waals surface area contributed by atoms with Gasteiger partial charge in [-0.2, -0.15) is 0 Å². The van der Waals surface area contributed by atoms with Gasteiger partial charge < -0.3 is 4.74 Å². The molecule has 0 amide bonds. The van der Waals surface area contributed by atoms with E-state index < -0.39 is 0 Å². The van der Waals surface area contributed by atoms with Gasteiger partial charge in [-0.1, -0.05) is 52.5 Å². The van der Waals surface area contributed by atoms with Crippen LogP contribution in [0.1, 0.15) is 24.8 Å². The van der Waals surface area contributed by atoms with Crippen molar-refractivity contribution in [3.63, 3.8) is 0 Å². The van der Waals surface area contributed by atoms with Gasteiger partial charge in [-0.25, -0.2) is 0 Å². The van der Waals surface area contributed by atoms with Crippen LogP contribution >= 0.6 is 27.5 Å². The number of para-hydroxylation sites is 1. The van der Waals surface area contributed by atoms with Crippen molar-refractivity contribution in [2.45, 2.75) is 24.6 Å². The van der Waals surface area contributed by atoms with Gasteiger partial charge in [-0.05, 0) is 18.4 Å². The van der Waals surface area contributed by atoms with Gasteiger partial charge in [0, 0.05) is 10.9 Å². The number of alkyl halides is 1. The van der Waals surface area contributed by atoms with Crippen LogP contribution in [0.5, 0.6) is 5.75 Å². The number of hydrogen-bond donors (Lipinski definition) is 0. The fourth-order valence-corrected chi connectivity index (χ4v) is 2.24. The molecule has 3 heteroatoms. The lowest BCUT2D eigenvalue weighted by Gasteiger charge is -2.11. The normalized spacial score (nSPS) is 15.3. The Morgan fingerprint density at radius 2 is 2.20 bits per heavy atom. The minimum atomic E-state index is 0.711. The largest absolute Gasteiger partial charge is 0.492 e. The van der Waals surface area contributed by atoms with Crippen molar-refractivity contribution in [3.05, 3.63) is 28.8 Å². The number of rotatable bonds is 5. The minimum Gasteiger partial charge on any atom is -0.492 e. The van der Waals surface area contributed by atoms with Crippen LogP contribution < -0.4 is 4.74 Å². The zero-order chi connectivity index (χ0) is 10.7. The Hall–Kier alpha value is -0.210. The van der Waals surface area contributed by atoms with Crippen molar-refractivity contribution >= 4 is 27.5 Å². The molecule has 82 valence electrons. The average molecular weight is 290 g/mol. The van der Waals surface area contributed by atoms with Crippen molar-refractivity contribution in [3.8, 4) is 5.75 Å². The zero-order valence-corrected chi connectivity index (χ0v) is 10.9. The zero-order valence-electron chi connectivity index (χ0n) is 8.51. The van der Waals surface area contributed by atoms with Gasteiger partial charge in [0.1, 0.15) is 5.75 Å². The summed E-state index contributed by atoms with van der Waals surface area (Å²) in [4.78, 5) is 0. The van der Waals surface area contributed by atoms with E-state index >= 15 is 0 Å². The second-order valence-electron chi connectivity index (χ2n) is 3.94. The third kappa shape index (κ3) is 3.12. The van der Waals surface area contributed by atoms with Crippen LogP contribution in [0, 0.1) is 5.92 Å². The summed E-state index contributed by atoms with van der Waals surface area (Å²) in [5, 5.41) is 1.49. The first kappa shape index (κ1) is 11.3. The van der Waals surface area contributed by atoms with Crippen molar-refractivity contribution in [1.29, 1.82) is 0 Å². The van der Waals surface area contributed by atoms with E-state index in [9.17, 15) is 0 Å². The third-order valence-electron chi connectivity index (χ3n) is 2.66. The molecule has 15 heavy (non-hydrogen) atoms. The molecule has 0 atom stereocenters. The third-order valence-corrected chi connectivity index (χ3v) is 3.56. The Labute approximate surface area is 104 Å². The molecule has 1 aromatic carbocycles. The Balaban J connectivity index is 1.97. The van der Waals surface area contributed by atoms with Crippen molar-refractivity contribution in [2.75, 3.05) is 6.61 Å². The Morgan fingerprint density at radius 1 is 1.40 bits per heavy atom. The van der Waals surface area contributed by atoms with E-state index in [1.165, 1.54) is 12.8 Å². The fourth-order valence-electron chi connectivity index (χ4n) is 1.55. The predicted octanol–water partition coefficient (Wildman–Crippen LogP) is 4.41. The molecule has 1 aliphatic carbocycles. The summed E-state index contributed by atoms with van der Waals surface area (Å²) in [7, 11) is 0. The molecule has 0 unspecified atom stereocenters. The molecule has 1 saturated carbocycles. The monoisotopic (exact) mass is 288 g/mol. The summed E-state index contributed by atoms with van der Waals surface area (Å²) in [5.41, 5.74) is 1.12. The number of hydrogen-bond acceptors (Lipinski definition) is 1. The smallest absolute Gasteiger partial charge is 0.141 e. The Morgan fingerprint density at radius 3 is 2.87 bits per heavy atom. The lowest BCUT2D eigenvalue weighted by Crippen LogP contribution is -2.00. The lowest BCUT2D eigenvalue weighted by molar-refractivity contribution is 0.300. The predicted molar refractivity (Wildman–Crippen MR) is 66.9 cm³/mol. The van der Waals surface area contributed by atoms with Gasteiger partial charge in [0.25, 0.3) is 0 Å². The summed E-state index contributed by atoms with van der Waals surface area (Å²) in [5.74, 6) is 1.75. The molecule has 1 aliphatic rings. The van der Waals surface area contributed by atoms with Gasteiger partial charge in [0.15, 0.2) is 0 Å². The standard InChI is InChI=1S/C12H14BrClO/c13-8-10-2-1-3-11(14)12(10)15-7-6-9-4-5-9/h1-3,9H,4-8H2. The Kier molecular flexibility index (Phi) is 3.92. The quantitative estimate of drug-likeness (QED) is 0.729. The maximum atomic E-state index is 6.09.